The Morgan fingerprint density at radius 3 is 2.65 bits per heavy atom. The molecule has 0 aromatic carbocycles. The van der Waals surface area contributed by atoms with Crippen LogP contribution in [0, 0.1) is 6.92 Å². The van der Waals surface area contributed by atoms with Crippen molar-refractivity contribution < 1.29 is 0 Å². The number of nitrogens with zero attached hydrogens (tertiary/aromatic N) is 2. The van der Waals surface area contributed by atoms with Gasteiger partial charge in [0.2, 0.25) is 0 Å². The van der Waals surface area contributed by atoms with E-state index in [9.17, 15) is 0 Å². The summed E-state index contributed by atoms with van der Waals surface area (Å²) in [5, 5.41) is 8.07. The van der Waals surface area contributed by atoms with Gasteiger partial charge in [-0.1, -0.05) is 6.92 Å². The number of hydrogen-bond donors (Lipinski definition) is 1. The summed E-state index contributed by atoms with van der Waals surface area (Å²) in [4.78, 5) is 1.37. The molecule has 1 atom stereocenters. The van der Waals surface area contributed by atoms with Gasteiger partial charge >= 0.3 is 0 Å². The Kier molecular flexibility index (Phi) is 5.41. The maximum absolute atomic E-state index is 4.63. The fourth-order valence-corrected chi connectivity index (χ4v) is 4.02. The molecule has 0 amide bonds. The number of aromatic nitrogens is 2. The number of nitrogens with one attached hydrogen (secondary N) is 1. The number of aryl methyl sites for hydroxylation is 3. The second kappa shape index (κ2) is 6.87. The van der Waals surface area contributed by atoms with Crippen LogP contribution in [0.15, 0.2) is 15.9 Å². The Bertz CT molecular complexity index is 554. The molecule has 0 aliphatic carbocycles. The number of thiophene rings is 1. The van der Waals surface area contributed by atoms with Gasteiger partial charge in [-0.05, 0) is 60.9 Å². The van der Waals surface area contributed by atoms with E-state index < -0.39 is 0 Å². The molecule has 0 saturated heterocycles. The quantitative estimate of drug-likeness (QED) is 0.845. The van der Waals surface area contributed by atoms with Gasteiger partial charge in [-0.25, -0.2) is 0 Å². The Hall–Kier alpha value is -0.650. The van der Waals surface area contributed by atoms with E-state index in [-0.39, 0.29) is 0 Å². The molecule has 0 bridgehead atoms. The van der Waals surface area contributed by atoms with E-state index in [1.54, 1.807) is 0 Å². The Morgan fingerprint density at radius 1 is 1.40 bits per heavy atom. The van der Waals surface area contributed by atoms with Crippen molar-refractivity contribution in [3.8, 4) is 0 Å². The van der Waals surface area contributed by atoms with E-state index in [0.29, 0.717) is 6.04 Å². The van der Waals surface area contributed by atoms with E-state index >= 15 is 0 Å². The predicted molar refractivity (Wildman–Crippen MR) is 89.5 cm³/mol. The van der Waals surface area contributed by atoms with Crippen LogP contribution in [0.5, 0.6) is 0 Å². The number of rotatable bonds is 6. The SMILES string of the molecule is CCc1cc(CC(NC)c2cc(C)c(Br)s2)n(CC)n1. The van der Waals surface area contributed by atoms with Gasteiger partial charge in [0, 0.05) is 29.6 Å². The average molecular weight is 356 g/mol. The summed E-state index contributed by atoms with van der Waals surface area (Å²) in [6.45, 7) is 7.37. The number of halogens is 1. The fourth-order valence-electron chi connectivity index (χ4n) is 2.34. The molecule has 2 heterocycles. The molecule has 2 aromatic heterocycles. The second-order valence-corrected chi connectivity index (χ2v) is 7.35. The minimum absolute atomic E-state index is 0.344. The van der Waals surface area contributed by atoms with Crippen molar-refractivity contribution >= 4 is 27.3 Å². The highest BCUT2D eigenvalue weighted by Crippen LogP contribution is 2.32. The summed E-state index contributed by atoms with van der Waals surface area (Å²) < 4.78 is 3.35. The van der Waals surface area contributed by atoms with Crippen LogP contribution in [0.25, 0.3) is 0 Å². The van der Waals surface area contributed by atoms with Gasteiger partial charge in [-0.2, -0.15) is 5.10 Å². The van der Waals surface area contributed by atoms with Gasteiger partial charge in [0.15, 0.2) is 0 Å². The molecule has 0 saturated carbocycles. The lowest BCUT2D eigenvalue weighted by Gasteiger charge is -2.15. The lowest BCUT2D eigenvalue weighted by atomic mass is 10.1. The molecule has 1 N–H and O–H groups in total. The summed E-state index contributed by atoms with van der Waals surface area (Å²) in [7, 11) is 2.03. The van der Waals surface area contributed by atoms with E-state index in [2.05, 4.69) is 63.9 Å². The molecule has 0 fully saturated rings. The lowest BCUT2D eigenvalue weighted by molar-refractivity contribution is 0.546. The van der Waals surface area contributed by atoms with E-state index in [1.807, 2.05) is 18.4 Å². The zero-order valence-corrected chi connectivity index (χ0v) is 14.9. The molecule has 110 valence electrons. The minimum Gasteiger partial charge on any atom is -0.312 e. The third kappa shape index (κ3) is 3.32. The maximum Gasteiger partial charge on any atom is 0.0731 e. The monoisotopic (exact) mass is 355 g/mol. The van der Waals surface area contributed by atoms with Gasteiger partial charge in [0.05, 0.1) is 9.48 Å². The smallest absolute Gasteiger partial charge is 0.0731 e. The molecular formula is C15H22BrN3S. The molecule has 2 rings (SSSR count). The van der Waals surface area contributed by atoms with E-state index in [4.69, 9.17) is 0 Å². The third-order valence-corrected chi connectivity index (χ3v) is 5.81. The molecule has 3 nitrogen and oxygen atoms in total. The molecule has 0 aliphatic heterocycles. The highest BCUT2D eigenvalue weighted by atomic mass is 79.9. The van der Waals surface area contributed by atoms with Crippen LogP contribution in [0.4, 0.5) is 0 Å². The van der Waals surface area contributed by atoms with Crippen LogP contribution < -0.4 is 5.32 Å². The summed E-state index contributed by atoms with van der Waals surface area (Å²) in [5.74, 6) is 0. The third-order valence-electron chi connectivity index (χ3n) is 3.56. The number of hydrogen-bond acceptors (Lipinski definition) is 3. The summed E-state index contributed by atoms with van der Waals surface area (Å²) in [6, 6.07) is 4.85. The first-order chi connectivity index (χ1) is 9.58. The van der Waals surface area contributed by atoms with Crippen molar-refractivity contribution in [1.29, 1.82) is 0 Å². The van der Waals surface area contributed by atoms with Gasteiger partial charge in [0.1, 0.15) is 0 Å². The highest BCUT2D eigenvalue weighted by molar-refractivity contribution is 9.11. The van der Waals surface area contributed by atoms with Crippen LogP contribution in [0.3, 0.4) is 0 Å². The van der Waals surface area contributed by atoms with Crippen LogP contribution in [-0.4, -0.2) is 16.8 Å². The largest absolute Gasteiger partial charge is 0.312 e. The van der Waals surface area contributed by atoms with Crippen molar-refractivity contribution in [2.24, 2.45) is 0 Å². The van der Waals surface area contributed by atoms with E-state index in [0.717, 1.165) is 19.4 Å². The molecule has 1 unspecified atom stereocenters. The summed E-state index contributed by atoms with van der Waals surface area (Å²) in [5.41, 5.74) is 3.80. The highest BCUT2D eigenvalue weighted by Gasteiger charge is 2.17. The van der Waals surface area contributed by atoms with Crippen LogP contribution >= 0.6 is 27.3 Å². The molecule has 0 radical (unpaired) electrons. The predicted octanol–water partition coefficient (Wildman–Crippen LogP) is 4.10. The Balaban J connectivity index is 2.23. The molecule has 0 spiro atoms. The first kappa shape index (κ1) is 15.7. The Morgan fingerprint density at radius 2 is 2.15 bits per heavy atom. The van der Waals surface area contributed by atoms with E-state index in [1.165, 1.54) is 25.6 Å². The zero-order valence-electron chi connectivity index (χ0n) is 12.5. The minimum atomic E-state index is 0.344. The first-order valence-electron chi connectivity index (χ1n) is 7.07. The van der Waals surface area contributed by atoms with Gasteiger partial charge in [-0.15, -0.1) is 11.3 Å². The second-order valence-electron chi connectivity index (χ2n) is 4.95. The number of likely N-dealkylation sites (N-methyl/N-ethyl adjacent to an activating group) is 1. The van der Waals surface area contributed by atoms with Crippen molar-refractivity contribution in [2.45, 2.75) is 46.2 Å². The lowest BCUT2D eigenvalue weighted by Crippen LogP contribution is -2.19. The van der Waals surface area contributed by atoms with Crippen molar-refractivity contribution in [2.75, 3.05) is 7.05 Å². The van der Waals surface area contributed by atoms with Crippen LogP contribution in [-0.2, 0) is 19.4 Å². The van der Waals surface area contributed by atoms with Gasteiger partial charge in [-0.3, -0.25) is 4.68 Å². The topological polar surface area (TPSA) is 29.9 Å². The van der Waals surface area contributed by atoms with Gasteiger partial charge in [0.25, 0.3) is 0 Å². The molecule has 2 aromatic rings. The standard InChI is InChI=1S/C15H22BrN3S/c1-5-11-8-12(19(6-2)18-11)9-13(17-4)14-7-10(3)15(16)20-14/h7-8,13,17H,5-6,9H2,1-4H3. The summed E-state index contributed by atoms with van der Waals surface area (Å²) in [6.07, 6.45) is 1.97. The normalized spacial score (nSPS) is 12.8. The molecular weight excluding hydrogens is 334 g/mol. The molecule has 5 heteroatoms. The van der Waals surface area contributed by atoms with Crippen molar-refractivity contribution in [1.82, 2.24) is 15.1 Å². The molecule has 0 aliphatic rings. The van der Waals surface area contributed by atoms with Crippen LogP contribution in [0.2, 0.25) is 0 Å². The molecule has 20 heavy (non-hydrogen) atoms. The van der Waals surface area contributed by atoms with Crippen molar-refractivity contribution in [3.05, 3.63) is 37.7 Å². The Labute approximate surface area is 133 Å². The zero-order chi connectivity index (χ0) is 14.7. The van der Waals surface area contributed by atoms with Crippen molar-refractivity contribution in [3.63, 3.8) is 0 Å². The average Bonchev–Trinajstić information content (AvgIpc) is 2.99. The fraction of sp³-hybridized carbons (Fsp3) is 0.533. The maximum atomic E-state index is 4.63. The summed E-state index contributed by atoms with van der Waals surface area (Å²) >= 11 is 5.43. The first-order valence-corrected chi connectivity index (χ1v) is 8.68. The van der Waals surface area contributed by atoms with Crippen LogP contribution in [0.1, 0.15) is 41.7 Å². The van der Waals surface area contributed by atoms with Gasteiger partial charge < -0.3 is 5.32 Å².